The maximum Gasteiger partial charge on any atom is 0.131 e. The quantitative estimate of drug-likeness (QED) is 0.808. The third-order valence-electron chi connectivity index (χ3n) is 2.37. The average Bonchev–Trinajstić information content (AvgIpc) is 2.17. The van der Waals surface area contributed by atoms with Crippen LogP contribution in [0.4, 0.5) is 5.82 Å². The zero-order chi connectivity index (χ0) is 11.5. The second-order valence-electron chi connectivity index (χ2n) is 4.69. The maximum atomic E-state index is 5.70. The summed E-state index contributed by atoms with van der Waals surface area (Å²) in [6, 6.07) is 1.92. The number of aryl methyl sites for hydroxylation is 1. The van der Waals surface area contributed by atoms with Crippen LogP contribution >= 0.6 is 0 Å². The molecular formula is C11H20N4. The maximum absolute atomic E-state index is 5.70. The number of rotatable bonds is 4. The number of nitrogens with zero attached hydrogens (tertiary/aromatic N) is 3. The summed E-state index contributed by atoms with van der Waals surface area (Å²) in [4.78, 5) is 10.6. The standard InChI is InChI=1S/C11H20N4/c1-9-13-6-5-10(14-9)15(4)8-11(2,3)7-12/h5-6H,7-8,12H2,1-4H3. The van der Waals surface area contributed by atoms with E-state index in [1.165, 1.54) is 0 Å². The lowest BCUT2D eigenvalue weighted by Crippen LogP contribution is -2.37. The van der Waals surface area contributed by atoms with E-state index in [0.717, 1.165) is 18.2 Å². The number of hydrogen-bond donors (Lipinski definition) is 1. The van der Waals surface area contributed by atoms with Crippen molar-refractivity contribution in [3.63, 3.8) is 0 Å². The molecule has 4 heteroatoms. The Hall–Kier alpha value is -1.16. The summed E-state index contributed by atoms with van der Waals surface area (Å²) in [6.45, 7) is 7.75. The van der Waals surface area contributed by atoms with Crippen LogP contribution in [0.5, 0.6) is 0 Å². The molecule has 0 aliphatic carbocycles. The molecule has 0 saturated carbocycles. The van der Waals surface area contributed by atoms with Gasteiger partial charge in [0.1, 0.15) is 11.6 Å². The summed E-state index contributed by atoms with van der Waals surface area (Å²) < 4.78 is 0. The lowest BCUT2D eigenvalue weighted by Gasteiger charge is -2.29. The van der Waals surface area contributed by atoms with E-state index in [4.69, 9.17) is 5.73 Å². The van der Waals surface area contributed by atoms with E-state index in [1.54, 1.807) is 6.20 Å². The fourth-order valence-electron chi connectivity index (χ4n) is 1.44. The van der Waals surface area contributed by atoms with Crippen LogP contribution in [0.15, 0.2) is 12.3 Å². The number of aromatic nitrogens is 2. The molecule has 0 aliphatic rings. The minimum absolute atomic E-state index is 0.105. The van der Waals surface area contributed by atoms with Crippen molar-refractivity contribution in [1.29, 1.82) is 0 Å². The van der Waals surface area contributed by atoms with E-state index in [2.05, 4.69) is 28.7 Å². The van der Waals surface area contributed by atoms with Gasteiger partial charge in [-0.15, -0.1) is 0 Å². The highest BCUT2D eigenvalue weighted by atomic mass is 15.2. The van der Waals surface area contributed by atoms with Crippen molar-refractivity contribution in [3.05, 3.63) is 18.1 Å². The third kappa shape index (κ3) is 3.47. The van der Waals surface area contributed by atoms with Gasteiger partial charge in [-0.1, -0.05) is 13.8 Å². The molecule has 0 aliphatic heterocycles. The van der Waals surface area contributed by atoms with Gasteiger partial charge in [0.2, 0.25) is 0 Å². The molecule has 1 heterocycles. The van der Waals surface area contributed by atoms with Gasteiger partial charge in [-0.05, 0) is 24.9 Å². The molecule has 0 atom stereocenters. The van der Waals surface area contributed by atoms with Crippen molar-refractivity contribution in [2.45, 2.75) is 20.8 Å². The smallest absolute Gasteiger partial charge is 0.131 e. The molecule has 0 aromatic carbocycles. The Morgan fingerprint density at radius 2 is 2.13 bits per heavy atom. The average molecular weight is 208 g/mol. The first-order valence-electron chi connectivity index (χ1n) is 5.15. The van der Waals surface area contributed by atoms with E-state index < -0.39 is 0 Å². The van der Waals surface area contributed by atoms with Gasteiger partial charge in [0.05, 0.1) is 0 Å². The van der Waals surface area contributed by atoms with E-state index in [1.807, 2.05) is 20.0 Å². The Balaban J connectivity index is 2.73. The van der Waals surface area contributed by atoms with Gasteiger partial charge in [-0.2, -0.15) is 0 Å². The van der Waals surface area contributed by atoms with Crippen LogP contribution in [-0.2, 0) is 0 Å². The molecule has 15 heavy (non-hydrogen) atoms. The van der Waals surface area contributed by atoms with Gasteiger partial charge >= 0.3 is 0 Å². The molecule has 1 rings (SSSR count). The zero-order valence-corrected chi connectivity index (χ0v) is 9.99. The Labute approximate surface area is 91.5 Å². The van der Waals surface area contributed by atoms with Crippen LogP contribution in [0.3, 0.4) is 0 Å². The summed E-state index contributed by atoms with van der Waals surface area (Å²) in [5, 5.41) is 0. The van der Waals surface area contributed by atoms with Crippen LogP contribution in [0.25, 0.3) is 0 Å². The summed E-state index contributed by atoms with van der Waals surface area (Å²) in [7, 11) is 2.03. The van der Waals surface area contributed by atoms with Gasteiger partial charge in [0.25, 0.3) is 0 Å². The molecule has 0 bridgehead atoms. The molecule has 1 aromatic rings. The Bertz CT molecular complexity index is 322. The molecule has 0 fully saturated rings. The van der Waals surface area contributed by atoms with E-state index in [9.17, 15) is 0 Å². The Morgan fingerprint density at radius 3 is 2.67 bits per heavy atom. The normalized spacial score (nSPS) is 11.5. The largest absolute Gasteiger partial charge is 0.359 e. The Kier molecular flexibility index (Phi) is 3.63. The first kappa shape index (κ1) is 11.9. The second-order valence-corrected chi connectivity index (χ2v) is 4.69. The number of hydrogen-bond acceptors (Lipinski definition) is 4. The topological polar surface area (TPSA) is 55.0 Å². The highest BCUT2D eigenvalue weighted by molar-refractivity contribution is 5.36. The second kappa shape index (κ2) is 4.57. The predicted octanol–water partition coefficient (Wildman–Crippen LogP) is 1.21. The molecule has 0 saturated heterocycles. The van der Waals surface area contributed by atoms with Gasteiger partial charge < -0.3 is 10.6 Å². The first-order valence-corrected chi connectivity index (χ1v) is 5.15. The summed E-state index contributed by atoms with van der Waals surface area (Å²) in [6.07, 6.45) is 1.78. The van der Waals surface area contributed by atoms with Crippen molar-refractivity contribution in [1.82, 2.24) is 9.97 Å². The minimum Gasteiger partial charge on any atom is -0.359 e. The van der Waals surface area contributed by atoms with Crippen molar-refractivity contribution in [2.75, 3.05) is 25.0 Å². The van der Waals surface area contributed by atoms with Crippen LogP contribution in [0, 0.1) is 12.3 Å². The molecule has 0 spiro atoms. The molecule has 0 unspecified atom stereocenters. The van der Waals surface area contributed by atoms with E-state index in [-0.39, 0.29) is 5.41 Å². The molecule has 2 N–H and O–H groups in total. The third-order valence-corrected chi connectivity index (χ3v) is 2.37. The van der Waals surface area contributed by atoms with Gasteiger partial charge in [0.15, 0.2) is 0 Å². The molecule has 0 amide bonds. The summed E-state index contributed by atoms with van der Waals surface area (Å²) >= 11 is 0. The van der Waals surface area contributed by atoms with Crippen molar-refractivity contribution >= 4 is 5.82 Å². The lowest BCUT2D eigenvalue weighted by atomic mass is 9.93. The first-order chi connectivity index (χ1) is 6.94. The molecule has 84 valence electrons. The number of anilines is 1. The van der Waals surface area contributed by atoms with Gasteiger partial charge in [-0.3, -0.25) is 0 Å². The number of nitrogens with two attached hydrogens (primary N) is 1. The zero-order valence-electron chi connectivity index (χ0n) is 9.99. The van der Waals surface area contributed by atoms with Crippen molar-refractivity contribution in [2.24, 2.45) is 11.1 Å². The molecule has 4 nitrogen and oxygen atoms in total. The molecular weight excluding hydrogens is 188 g/mol. The van der Waals surface area contributed by atoms with E-state index in [0.29, 0.717) is 6.54 Å². The minimum atomic E-state index is 0.105. The summed E-state index contributed by atoms with van der Waals surface area (Å²) in [5.74, 6) is 1.74. The van der Waals surface area contributed by atoms with Crippen molar-refractivity contribution < 1.29 is 0 Å². The van der Waals surface area contributed by atoms with Crippen LogP contribution in [0.2, 0.25) is 0 Å². The highest BCUT2D eigenvalue weighted by Gasteiger charge is 2.18. The molecule has 1 aromatic heterocycles. The molecule has 0 radical (unpaired) electrons. The van der Waals surface area contributed by atoms with Gasteiger partial charge in [0, 0.05) is 19.8 Å². The van der Waals surface area contributed by atoms with E-state index >= 15 is 0 Å². The van der Waals surface area contributed by atoms with Crippen LogP contribution in [-0.4, -0.2) is 30.1 Å². The highest BCUT2D eigenvalue weighted by Crippen LogP contribution is 2.17. The lowest BCUT2D eigenvalue weighted by molar-refractivity contribution is 0.384. The Morgan fingerprint density at radius 1 is 1.47 bits per heavy atom. The van der Waals surface area contributed by atoms with Crippen molar-refractivity contribution in [3.8, 4) is 0 Å². The predicted molar refractivity (Wildman–Crippen MR) is 62.9 cm³/mol. The van der Waals surface area contributed by atoms with Crippen LogP contribution < -0.4 is 10.6 Å². The monoisotopic (exact) mass is 208 g/mol. The van der Waals surface area contributed by atoms with Crippen LogP contribution in [0.1, 0.15) is 19.7 Å². The summed E-state index contributed by atoms with van der Waals surface area (Å²) in [5.41, 5.74) is 5.81. The van der Waals surface area contributed by atoms with Gasteiger partial charge in [-0.25, -0.2) is 9.97 Å². The fraction of sp³-hybridized carbons (Fsp3) is 0.636. The SMILES string of the molecule is Cc1nccc(N(C)CC(C)(C)CN)n1. The fourth-order valence-corrected chi connectivity index (χ4v) is 1.44.